The molecule has 1 atom stereocenters. The number of hydrogen-bond acceptors (Lipinski definition) is 4. The van der Waals surface area contributed by atoms with E-state index in [4.69, 9.17) is 0 Å². The van der Waals surface area contributed by atoms with Gasteiger partial charge < -0.3 is 10.6 Å². The van der Waals surface area contributed by atoms with Gasteiger partial charge in [0.2, 0.25) is 21.8 Å². The number of amides is 2. The summed E-state index contributed by atoms with van der Waals surface area (Å²) >= 11 is 0. The number of carbonyl (C=O) groups is 2. The Kier molecular flexibility index (Phi) is 6.74. The molecule has 0 unspecified atom stereocenters. The molecule has 0 radical (unpaired) electrons. The van der Waals surface area contributed by atoms with Gasteiger partial charge in [0.15, 0.2) is 0 Å². The van der Waals surface area contributed by atoms with Crippen LogP contribution in [0.25, 0.3) is 0 Å². The van der Waals surface area contributed by atoms with Crippen LogP contribution < -0.4 is 14.9 Å². The fourth-order valence-electron chi connectivity index (χ4n) is 2.75. The molecule has 7 nitrogen and oxygen atoms in total. The first-order valence-electron chi connectivity index (χ1n) is 8.55. The minimum Gasteiger partial charge on any atom is -0.326 e. The number of carbonyl (C=O) groups excluding carboxylic acids is 2. The number of hydrogen-bond donors (Lipinski definition) is 2. The highest BCUT2D eigenvalue weighted by Crippen LogP contribution is 2.24. The second-order valence-corrected chi connectivity index (χ2v) is 8.07. The molecule has 9 heteroatoms. The highest BCUT2D eigenvalue weighted by Gasteiger charge is 2.31. The van der Waals surface area contributed by atoms with Gasteiger partial charge in [0.05, 0.1) is 11.9 Å². The monoisotopic (exact) mass is 407 g/mol. The molecule has 0 fully saturated rings. The van der Waals surface area contributed by atoms with E-state index in [1.165, 1.54) is 19.1 Å². The number of sulfonamides is 1. The molecule has 0 saturated carbocycles. The normalized spacial score (nSPS) is 12.1. The van der Waals surface area contributed by atoms with E-state index in [0.717, 1.165) is 22.7 Å². The van der Waals surface area contributed by atoms with E-state index in [1.807, 2.05) is 0 Å². The van der Waals surface area contributed by atoms with Crippen molar-refractivity contribution < 1.29 is 22.4 Å². The first kappa shape index (κ1) is 21.4. The molecule has 2 N–H and O–H groups in total. The summed E-state index contributed by atoms with van der Waals surface area (Å²) in [6.07, 6.45) is 1.19. The largest absolute Gasteiger partial charge is 0.326 e. The summed E-state index contributed by atoms with van der Waals surface area (Å²) in [5.74, 6) is -1.31. The van der Waals surface area contributed by atoms with Crippen molar-refractivity contribution in [2.75, 3.05) is 21.2 Å². The SMILES string of the molecule is CC[C@H](C(=O)Nc1cccc(NC(C)=O)c1)N(c1ccc(F)cc1)S(C)(=O)=O. The van der Waals surface area contributed by atoms with Crippen LogP contribution in [0.5, 0.6) is 0 Å². The summed E-state index contributed by atoms with van der Waals surface area (Å²) in [6.45, 7) is 3.05. The predicted molar refractivity (Wildman–Crippen MR) is 107 cm³/mol. The molecule has 0 heterocycles. The Morgan fingerprint density at radius 2 is 1.64 bits per heavy atom. The minimum atomic E-state index is -3.81. The van der Waals surface area contributed by atoms with Crippen molar-refractivity contribution in [3.8, 4) is 0 Å². The molecule has 2 amide bonds. The Bertz CT molecular complexity index is 961. The molecule has 2 aromatic carbocycles. The van der Waals surface area contributed by atoms with Crippen molar-refractivity contribution in [2.45, 2.75) is 26.3 Å². The number of halogens is 1. The van der Waals surface area contributed by atoms with Gasteiger partial charge in [-0.1, -0.05) is 13.0 Å². The lowest BCUT2D eigenvalue weighted by molar-refractivity contribution is -0.117. The van der Waals surface area contributed by atoms with Crippen LogP contribution in [0.4, 0.5) is 21.5 Å². The van der Waals surface area contributed by atoms with E-state index >= 15 is 0 Å². The lowest BCUT2D eigenvalue weighted by Crippen LogP contribution is -2.47. The first-order valence-corrected chi connectivity index (χ1v) is 10.4. The van der Waals surface area contributed by atoms with Crippen molar-refractivity contribution in [1.29, 1.82) is 0 Å². The molecule has 0 aliphatic heterocycles. The van der Waals surface area contributed by atoms with Crippen LogP contribution in [0.2, 0.25) is 0 Å². The van der Waals surface area contributed by atoms with Gasteiger partial charge in [-0.3, -0.25) is 13.9 Å². The van der Waals surface area contributed by atoms with Crippen LogP contribution in [0.1, 0.15) is 20.3 Å². The van der Waals surface area contributed by atoms with Gasteiger partial charge in [0, 0.05) is 18.3 Å². The van der Waals surface area contributed by atoms with E-state index in [1.54, 1.807) is 31.2 Å². The number of benzene rings is 2. The topological polar surface area (TPSA) is 95.6 Å². The summed E-state index contributed by atoms with van der Waals surface area (Å²) in [5.41, 5.74) is 1.09. The molecule has 0 aliphatic carbocycles. The number of nitrogens with zero attached hydrogens (tertiary/aromatic N) is 1. The van der Waals surface area contributed by atoms with Crippen LogP contribution in [-0.2, 0) is 19.6 Å². The third kappa shape index (κ3) is 5.53. The minimum absolute atomic E-state index is 0.192. The zero-order valence-corrected chi connectivity index (χ0v) is 16.6. The zero-order chi connectivity index (χ0) is 20.9. The van der Waals surface area contributed by atoms with Crippen LogP contribution >= 0.6 is 0 Å². The molecule has 0 bridgehead atoms. The van der Waals surface area contributed by atoms with Gasteiger partial charge in [-0.15, -0.1) is 0 Å². The van der Waals surface area contributed by atoms with Crippen molar-refractivity contribution in [2.24, 2.45) is 0 Å². The Balaban J connectivity index is 2.32. The van der Waals surface area contributed by atoms with Crippen molar-refractivity contribution in [1.82, 2.24) is 0 Å². The molecule has 0 spiro atoms. The molecule has 0 aromatic heterocycles. The zero-order valence-electron chi connectivity index (χ0n) is 15.8. The predicted octanol–water partition coefficient (Wildman–Crippen LogP) is 2.97. The lowest BCUT2D eigenvalue weighted by atomic mass is 10.1. The van der Waals surface area contributed by atoms with Crippen LogP contribution in [0, 0.1) is 5.82 Å². The van der Waals surface area contributed by atoms with Crippen LogP contribution in [0.3, 0.4) is 0 Å². The average Bonchev–Trinajstić information content (AvgIpc) is 2.59. The maximum Gasteiger partial charge on any atom is 0.248 e. The fourth-order valence-corrected chi connectivity index (χ4v) is 3.96. The molecule has 0 aliphatic rings. The van der Waals surface area contributed by atoms with E-state index in [0.29, 0.717) is 11.4 Å². The summed E-state index contributed by atoms with van der Waals surface area (Å²) in [7, 11) is -3.81. The van der Waals surface area contributed by atoms with E-state index in [9.17, 15) is 22.4 Å². The van der Waals surface area contributed by atoms with Gasteiger partial charge in [-0.05, 0) is 48.9 Å². The molecule has 150 valence electrons. The smallest absolute Gasteiger partial charge is 0.248 e. The van der Waals surface area contributed by atoms with Gasteiger partial charge in [-0.2, -0.15) is 0 Å². The van der Waals surface area contributed by atoms with Crippen molar-refractivity contribution in [3.63, 3.8) is 0 Å². The second-order valence-electron chi connectivity index (χ2n) is 6.21. The summed E-state index contributed by atoms with van der Waals surface area (Å²) in [6, 6.07) is 10.3. The van der Waals surface area contributed by atoms with E-state index in [-0.39, 0.29) is 18.0 Å². The third-order valence-electron chi connectivity index (χ3n) is 3.86. The summed E-state index contributed by atoms with van der Waals surface area (Å²) in [4.78, 5) is 24.0. The Hall–Kier alpha value is -2.94. The molecule has 28 heavy (non-hydrogen) atoms. The summed E-state index contributed by atoms with van der Waals surface area (Å²) < 4.78 is 38.9. The Morgan fingerprint density at radius 1 is 1.07 bits per heavy atom. The number of rotatable bonds is 7. The quantitative estimate of drug-likeness (QED) is 0.738. The molecular formula is C19H22FN3O4S. The average molecular weight is 407 g/mol. The van der Waals surface area contributed by atoms with Crippen molar-refractivity contribution in [3.05, 3.63) is 54.3 Å². The Labute approximate surface area is 163 Å². The standard InChI is InChI=1S/C19H22FN3O4S/c1-4-18(23(28(3,26)27)17-10-8-14(20)9-11-17)19(25)22-16-7-5-6-15(12-16)21-13(2)24/h5-12,18H,4H2,1-3H3,(H,21,24)(H,22,25)/t18-/m1/s1. The molecular weight excluding hydrogens is 385 g/mol. The first-order chi connectivity index (χ1) is 13.1. The summed E-state index contributed by atoms with van der Waals surface area (Å²) in [5, 5.41) is 5.28. The van der Waals surface area contributed by atoms with Gasteiger partial charge >= 0.3 is 0 Å². The highest BCUT2D eigenvalue weighted by atomic mass is 32.2. The van der Waals surface area contributed by atoms with Gasteiger partial charge in [-0.25, -0.2) is 12.8 Å². The van der Waals surface area contributed by atoms with Crippen LogP contribution in [0.15, 0.2) is 48.5 Å². The maximum absolute atomic E-state index is 13.2. The van der Waals surface area contributed by atoms with Gasteiger partial charge in [0.1, 0.15) is 11.9 Å². The molecule has 2 aromatic rings. The number of anilines is 3. The van der Waals surface area contributed by atoms with Gasteiger partial charge in [0.25, 0.3) is 0 Å². The van der Waals surface area contributed by atoms with Crippen LogP contribution in [-0.4, -0.2) is 32.5 Å². The van der Waals surface area contributed by atoms with E-state index in [2.05, 4.69) is 10.6 Å². The second kappa shape index (κ2) is 8.83. The third-order valence-corrected chi connectivity index (χ3v) is 5.04. The van der Waals surface area contributed by atoms with Crippen molar-refractivity contribution >= 4 is 38.9 Å². The number of nitrogens with one attached hydrogen (secondary N) is 2. The maximum atomic E-state index is 13.2. The fraction of sp³-hybridized carbons (Fsp3) is 0.263. The van der Waals surface area contributed by atoms with E-state index < -0.39 is 27.8 Å². The molecule has 0 saturated heterocycles. The molecule has 2 rings (SSSR count). The lowest BCUT2D eigenvalue weighted by Gasteiger charge is -2.30. The highest BCUT2D eigenvalue weighted by molar-refractivity contribution is 7.92. The Morgan fingerprint density at radius 3 is 2.14 bits per heavy atom.